The number of rotatable bonds is 13. The number of carbonyl (C=O) groups is 1. The van der Waals surface area contributed by atoms with Gasteiger partial charge in [0.2, 0.25) is 0 Å². The molecule has 23 atom stereocenters. The van der Waals surface area contributed by atoms with Crippen molar-refractivity contribution in [2.75, 3.05) is 20.3 Å². The van der Waals surface area contributed by atoms with Gasteiger partial charge in [-0.3, -0.25) is 4.79 Å². The van der Waals surface area contributed by atoms with Crippen LogP contribution in [0.3, 0.4) is 0 Å². The topological polar surface area (TPSA) is 212 Å². The van der Waals surface area contributed by atoms with Crippen LogP contribution in [0.1, 0.15) is 87.9 Å². The summed E-state index contributed by atoms with van der Waals surface area (Å²) in [6.45, 7) is 7.66. The molecule has 10 aliphatic rings. The van der Waals surface area contributed by atoms with Gasteiger partial charge in [0.1, 0.15) is 54.2 Å². The highest BCUT2D eigenvalue weighted by molar-refractivity contribution is 5.83. The number of methoxy groups -OCH3 is 1. The summed E-state index contributed by atoms with van der Waals surface area (Å²) in [6, 6.07) is 15.6. The number of fused-ring (bicyclic) bond motifs is 9. The smallest absolute Gasteiger partial charge is 0.254 e. The molecule has 76 heavy (non-hydrogen) atoms. The summed E-state index contributed by atoms with van der Waals surface area (Å²) in [4.78, 5) is 17.9. The normalized spacial score (nSPS) is 43.3. The van der Waals surface area contributed by atoms with E-state index in [4.69, 9.17) is 56.8 Å². The Morgan fingerprint density at radius 3 is 1.88 bits per heavy atom. The number of ether oxygens (including phenoxy) is 12. The highest BCUT2D eigenvalue weighted by atomic mass is 16.6. The second-order valence-electron chi connectivity index (χ2n) is 22.9. The molecule has 1 aliphatic carbocycles. The lowest BCUT2D eigenvalue weighted by molar-refractivity contribution is -0.269. The van der Waals surface area contributed by atoms with Crippen LogP contribution in [0.15, 0.2) is 85.5 Å². The van der Waals surface area contributed by atoms with Crippen LogP contribution in [0.25, 0.3) is 0 Å². The average Bonchev–Trinajstić information content (AvgIpc) is 3.88. The van der Waals surface area contributed by atoms with Gasteiger partial charge in [0, 0.05) is 51.4 Å². The van der Waals surface area contributed by atoms with Gasteiger partial charge in [0.15, 0.2) is 0 Å². The van der Waals surface area contributed by atoms with E-state index >= 15 is 4.79 Å². The van der Waals surface area contributed by atoms with Crippen molar-refractivity contribution in [1.29, 1.82) is 0 Å². The lowest BCUT2D eigenvalue weighted by Gasteiger charge is -2.49. The van der Waals surface area contributed by atoms with Crippen LogP contribution >= 0.6 is 0 Å². The summed E-state index contributed by atoms with van der Waals surface area (Å²) in [5, 5.41) is 41.2. The molecule has 9 heterocycles. The molecular weight excluding hydrogens is 983 g/mol. The van der Waals surface area contributed by atoms with E-state index in [1.807, 2.05) is 85.5 Å². The van der Waals surface area contributed by atoms with E-state index in [-0.39, 0.29) is 74.8 Å². The van der Waals surface area contributed by atoms with E-state index in [9.17, 15) is 20.4 Å². The number of aliphatic hydroxyl groups excluding tert-OH is 4. The zero-order valence-corrected chi connectivity index (χ0v) is 43.5. The summed E-state index contributed by atoms with van der Waals surface area (Å²) >= 11 is 0. The van der Waals surface area contributed by atoms with Gasteiger partial charge < -0.3 is 82.2 Å². The van der Waals surface area contributed by atoms with Gasteiger partial charge >= 0.3 is 0 Å². The van der Waals surface area contributed by atoms with Crippen LogP contribution in [0.2, 0.25) is 0 Å². The van der Waals surface area contributed by atoms with E-state index in [1.54, 1.807) is 7.11 Å². The first-order valence-corrected chi connectivity index (χ1v) is 27.6. The maximum atomic E-state index is 16.0. The number of carbonyl (C=O) groups excluding carboxylic acids is 1. The van der Waals surface area contributed by atoms with Crippen LogP contribution in [0, 0.1) is 0 Å². The number of hydrogen-bond donors (Lipinski definition) is 4. The van der Waals surface area contributed by atoms with Crippen molar-refractivity contribution in [3.63, 3.8) is 0 Å². The molecule has 2 aromatic carbocycles. The average molecular weight is 1060 g/mol. The van der Waals surface area contributed by atoms with Crippen LogP contribution < -0.4 is 4.74 Å². The molecule has 4 N–H and O–H groups in total. The number of nitrogens with zero attached hydrogens (tertiary/aromatic N) is 1. The SMILES string of the molecule is C=CC[C@@H]1O[C@@H]2C[C@@H]3O[C@@H]4C[C@H](O)[C@@H](CO)O[C@H]4C=C[C@H]3O[C@H]2C[C@H]1O[C@@H](C[C@H]1O[C@H]2C=C[C@H]3O[C@H]4C[C@@H](O)[C@H](CO)O[C@@H]4C[C@@H]3O[C@@H]2C[C@@H]1OCc1ccc(OC)cc1)C(=O)N1[C@@H]2c3ccccc3C[C@@H]2OC1(C)C. The fourth-order valence-electron chi connectivity index (χ4n) is 13.8. The van der Waals surface area contributed by atoms with Crippen molar-refractivity contribution in [2.45, 2.75) is 224 Å². The molecule has 0 bridgehead atoms. The Bertz CT molecular complexity index is 2420. The highest BCUT2D eigenvalue weighted by Crippen LogP contribution is 2.50. The van der Waals surface area contributed by atoms with Crippen molar-refractivity contribution >= 4 is 5.91 Å². The Morgan fingerprint density at radius 2 is 1.22 bits per heavy atom. The third-order valence-electron chi connectivity index (χ3n) is 17.6. The molecule has 18 nitrogen and oxygen atoms in total. The third kappa shape index (κ3) is 10.4. The van der Waals surface area contributed by atoms with Crippen molar-refractivity contribution in [3.05, 3.63) is 102 Å². The number of aliphatic hydroxyl groups is 4. The molecule has 0 spiro atoms. The fraction of sp³-hybridized carbons (Fsp3) is 0.672. The molecule has 12 rings (SSSR count). The molecule has 0 aromatic heterocycles. The van der Waals surface area contributed by atoms with Crippen molar-refractivity contribution in [1.82, 2.24) is 4.90 Å². The zero-order chi connectivity index (χ0) is 52.4. The molecule has 2 aromatic rings. The van der Waals surface area contributed by atoms with E-state index in [1.165, 1.54) is 0 Å². The van der Waals surface area contributed by atoms with Gasteiger partial charge in [0.25, 0.3) is 5.91 Å². The largest absolute Gasteiger partial charge is 0.497 e. The molecule has 9 aliphatic heterocycles. The predicted octanol–water partition coefficient (Wildman–Crippen LogP) is 3.86. The van der Waals surface area contributed by atoms with Crippen molar-refractivity contribution in [2.24, 2.45) is 0 Å². The molecule has 0 unspecified atom stereocenters. The van der Waals surface area contributed by atoms with Gasteiger partial charge in [-0.05, 0) is 49.1 Å². The van der Waals surface area contributed by atoms with E-state index in [2.05, 4.69) is 18.7 Å². The first-order chi connectivity index (χ1) is 36.9. The molecule has 1 amide bonds. The first kappa shape index (κ1) is 53.0. The monoisotopic (exact) mass is 1060 g/mol. The Labute approximate surface area is 444 Å². The summed E-state index contributed by atoms with van der Waals surface area (Å²) in [5.41, 5.74) is 2.15. The molecule has 7 saturated heterocycles. The minimum absolute atomic E-state index is 0.119. The van der Waals surface area contributed by atoms with Gasteiger partial charge in [0.05, 0.1) is 125 Å². The Morgan fingerprint density at radius 1 is 0.671 bits per heavy atom. The van der Waals surface area contributed by atoms with Crippen molar-refractivity contribution in [3.8, 4) is 5.75 Å². The minimum Gasteiger partial charge on any atom is -0.497 e. The maximum Gasteiger partial charge on any atom is 0.254 e. The summed E-state index contributed by atoms with van der Waals surface area (Å²) in [5.74, 6) is 0.495. The van der Waals surface area contributed by atoms with Crippen LogP contribution in [-0.2, 0) is 69.9 Å². The molecule has 7 fully saturated rings. The van der Waals surface area contributed by atoms with Crippen LogP contribution in [-0.4, -0.2) is 192 Å². The Balaban J connectivity index is 0.845. The molecule has 0 radical (unpaired) electrons. The highest BCUT2D eigenvalue weighted by Gasteiger charge is 2.57. The molecule has 18 heteroatoms. The molecule has 414 valence electrons. The predicted molar refractivity (Wildman–Crippen MR) is 270 cm³/mol. The van der Waals surface area contributed by atoms with Gasteiger partial charge in [-0.1, -0.05) is 66.8 Å². The lowest BCUT2D eigenvalue weighted by atomic mass is 9.88. The standard InChI is InChI=1S/C58H75NO17/c1-5-8-36-45(23-51-50(67-36)25-46-40(70-51)16-15-37-42(72-46)20-34(62)54(27-60)71-37)74-53(57(64)59-56-33-10-7-6-9-31(33)19-52(56)76-58(59,2)3)26-48-41(66-29-30-11-13-32(65-4)14-12-30)22-44-38(69-48)17-18-39-47(73-44)24-49-43(68-39)21-35(63)55(28-61)75-49/h5-7,9-18,34-56,60-63H,1,8,19-29H2,2-4H3/t34-,35+,36-,37-,38-,39+,40+,41-,42+,43-,44+,45+,46-,47-,48+,49+,50+,51-,52-,53-,54+,55-,56+/m0/s1. The number of amides is 1. The molecule has 0 saturated carbocycles. The summed E-state index contributed by atoms with van der Waals surface area (Å²) in [7, 11) is 1.63. The quantitative estimate of drug-likeness (QED) is 0.210. The second-order valence-corrected chi connectivity index (χ2v) is 22.9. The van der Waals surface area contributed by atoms with Gasteiger partial charge in [-0.25, -0.2) is 0 Å². The van der Waals surface area contributed by atoms with Gasteiger partial charge in [-0.2, -0.15) is 0 Å². The van der Waals surface area contributed by atoms with Crippen LogP contribution in [0.5, 0.6) is 5.75 Å². The summed E-state index contributed by atoms with van der Waals surface area (Å²) < 4.78 is 79.8. The van der Waals surface area contributed by atoms with Gasteiger partial charge in [-0.15, -0.1) is 6.58 Å². The second kappa shape index (κ2) is 22.1. The van der Waals surface area contributed by atoms with E-state index in [0.29, 0.717) is 51.4 Å². The summed E-state index contributed by atoms with van der Waals surface area (Å²) in [6.07, 6.45) is 1.75. The maximum absolute atomic E-state index is 16.0. The Hall–Kier alpha value is -3.67. The van der Waals surface area contributed by atoms with Crippen LogP contribution in [0.4, 0.5) is 0 Å². The minimum atomic E-state index is -1.07. The third-order valence-corrected chi connectivity index (χ3v) is 17.6. The number of benzene rings is 2. The Kier molecular flexibility index (Phi) is 15.4. The molecular formula is C58H75NO17. The zero-order valence-electron chi connectivity index (χ0n) is 43.5. The lowest BCUT2D eigenvalue weighted by Crippen LogP contribution is -2.59. The van der Waals surface area contributed by atoms with Crippen molar-refractivity contribution < 1.29 is 82.1 Å². The number of hydrogen-bond acceptors (Lipinski definition) is 17. The first-order valence-electron chi connectivity index (χ1n) is 27.6. The fourth-order valence-corrected chi connectivity index (χ4v) is 13.8. The van der Waals surface area contributed by atoms with E-state index < -0.39 is 103 Å². The van der Waals surface area contributed by atoms with E-state index in [0.717, 1.165) is 22.4 Å².